The Morgan fingerprint density at radius 1 is 1.03 bits per heavy atom. The molecule has 1 amide bonds. The summed E-state index contributed by atoms with van der Waals surface area (Å²) in [6.07, 6.45) is 3.41. The number of aryl methyl sites for hydroxylation is 1. The summed E-state index contributed by atoms with van der Waals surface area (Å²) in [4.78, 5) is 20.2. The van der Waals surface area contributed by atoms with E-state index in [1.807, 2.05) is 19.1 Å². The van der Waals surface area contributed by atoms with Gasteiger partial charge in [-0.25, -0.2) is 8.42 Å². The zero-order valence-electron chi connectivity index (χ0n) is 18.2. The van der Waals surface area contributed by atoms with Crippen LogP contribution in [0.3, 0.4) is 0 Å². The Balaban J connectivity index is 1.33. The van der Waals surface area contributed by atoms with Crippen LogP contribution in [0.5, 0.6) is 0 Å². The third-order valence-corrected chi connectivity index (χ3v) is 8.85. The van der Waals surface area contributed by atoms with E-state index in [-0.39, 0.29) is 5.91 Å². The fourth-order valence-electron chi connectivity index (χ4n) is 5.01. The average molecular weight is 435 g/mol. The second kappa shape index (κ2) is 8.94. The van der Waals surface area contributed by atoms with Crippen LogP contribution < -0.4 is 0 Å². The van der Waals surface area contributed by atoms with Gasteiger partial charge in [0.15, 0.2) is 0 Å². The van der Waals surface area contributed by atoms with Crippen LogP contribution in [0.4, 0.5) is 0 Å². The first-order valence-electron chi connectivity index (χ1n) is 11.2. The zero-order chi connectivity index (χ0) is 21.3. The number of piperazine rings is 2. The van der Waals surface area contributed by atoms with E-state index < -0.39 is 10.0 Å². The van der Waals surface area contributed by atoms with Crippen LogP contribution in [-0.4, -0.2) is 97.8 Å². The van der Waals surface area contributed by atoms with Crippen molar-refractivity contribution in [3.63, 3.8) is 0 Å². The van der Waals surface area contributed by atoms with Crippen molar-refractivity contribution in [3.05, 3.63) is 29.8 Å². The van der Waals surface area contributed by atoms with Gasteiger partial charge >= 0.3 is 0 Å². The second-order valence-corrected chi connectivity index (χ2v) is 10.8. The lowest BCUT2D eigenvalue weighted by Gasteiger charge is -2.44. The number of hydrogen-bond acceptors (Lipinski definition) is 5. The van der Waals surface area contributed by atoms with Crippen molar-refractivity contribution in [2.45, 2.75) is 50.1 Å². The molecule has 3 heterocycles. The summed E-state index contributed by atoms with van der Waals surface area (Å²) in [7, 11) is -3.47. The summed E-state index contributed by atoms with van der Waals surface area (Å²) in [6.45, 7) is 9.55. The quantitative estimate of drug-likeness (QED) is 0.701. The molecule has 0 spiro atoms. The number of fused-ring (bicyclic) bond motifs is 1. The normalized spacial score (nSPS) is 26.7. The summed E-state index contributed by atoms with van der Waals surface area (Å²) in [5.74, 6) is 0.197. The van der Waals surface area contributed by atoms with Crippen LogP contribution in [0.15, 0.2) is 29.2 Å². The largest absolute Gasteiger partial charge is 0.336 e. The summed E-state index contributed by atoms with van der Waals surface area (Å²) < 4.78 is 27.3. The molecule has 1 aromatic rings. The van der Waals surface area contributed by atoms with E-state index in [0.29, 0.717) is 49.7 Å². The molecule has 166 valence electrons. The number of carbonyl (C=O) groups excluding carboxylic acids is 1. The van der Waals surface area contributed by atoms with E-state index in [1.165, 1.54) is 19.4 Å². The van der Waals surface area contributed by atoms with Crippen molar-refractivity contribution in [1.29, 1.82) is 0 Å². The predicted octanol–water partition coefficient (Wildman–Crippen LogP) is 1.39. The van der Waals surface area contributed by atoms with E-state index >= 15 is 0 Å². The fraction of sp³-hybridized carbons (Fsp3) is 0.682. The Hall–Kier alpha value is -1.48. The molecule has 3 saturated heterocycles. The fourth-order valence-corrected chi connectivity index (χ4v) is 6.43. The summed E-state index contributed by atoms with van der Waals surface area (Å²) in [6, 6.07) is 7.83. The van der Waals surface area contributed by atoms with Gasteiger partial charge in [-0.3, -0.25) is 14.6 Å². The standard InChI is InChI=1S/C22H34N4O3S/c1-3-19-15-24-10-4-5-20(24)16-26(19)22(27)17-23-11-13-25(14-12-23)30(28,29)21-8-6-18(2)7-9-21/h6-9,19-20H,3-5,10-17H2,1-2H3. The summed E-state index contributed by atoms with van der Waals surface area (Å²) >= 11 is 0. The van der Waals surface area contributed by atoms with E-state index in [4.69, 9.17) is 0 Å². The van der Waals surface area contributed by atoms with Gasteiger partial charge in [0.2, 0.25) is 15.9 Å². The second-order valence-electron chi connectivity index (χ2n) is 8.89. The molecule has 0 aromatic heterocycles. The molecule has 30 heavy (non-hydrogen) atoms. The van der Waals surface area contributed by atoms with E-state index in [0.717, 1.165) is 25.1 Å². The number of amides is 1. The van der Waals surface area contributed by atoms with Crippen LogP contribution in [0, 0.1) is 6.92 Å². The summed E-state index contributed by atoms with van der Waals surface area (Å²) in [5.41, 5.74) is 1.04. The molecule has 0 radical (unpaired) electrons. The molecule has 3 aliphatic heterocycles. The maximum atomic E-state index is 13.1. The molecular weight excluding hydrogens is 400 g/mol. The number of hydrogen-bond donors (Lipinski definition) is 0. The van der Waals surface area contributed by atoms with Gasteiger partial charge in [-0.15, -0.1) is 0 Å². The van der Waals surface area contributed by atoms with E-state index in [1.54, 1.807) is 16.4 Å². The van der Waals surface area contributed by atoms with Crippen molar-refractivity contribution in [2.75, 3.05) is 52.4 Å². The molecule has 0 aliphatic carbocycles. The Labute approximate surface area is 180 Å². The lowest BCUT2D eigenvalue weighted by Crippen LogP contribution is -2.60. The Bertz CT molecular complexity index is 850. The number of carbonyl (C=O) groups is 1. The molecule has 0 bridgehead atoms. The first-order valence-corrected chi connectivity index (χ1v) is 12.6. The van der Waals surface area contributed by atoms with Crippen LogP contribution in [0.25, 0.3) is 0 Å². The van der Waals surface area contributed by atoms with Gasteiger partial charge in [0.25, 0.3) is 0 Å². The SMILES string of the molecule is CCC1CN2CCCC2CN1C(=O)CN1CCN(S(=O)(=O)c2ccc(C)cc2)CC1. The molecule has 7 nitrogen and oxygen atoms in total. The van der Waals surface area contributed by atoms with Gasteiger partial charge in [-0.05, 0) is 44.9 Å². The van der Waals surface area contributed by atoms with Crippen molar-refractivity contribution < 1.29 is 13.2 Å². The van der Waals surface area contributed by atoms with Crippen molar-refractivity contribution in [3.8, 4) is 0 Å². The van der Waals surface area contributed by atoms with Gasteiger partial charge < -0.3 is 4.90 Å². The predicted molar refractivity (Wildman–Crippen MR) is 117 cm³/mol. The average Bonchev–Trinajstić information content (AvgIpc) is 3.21. The van der Waals surface area contributed by atoms with Gasteiger partial charge in [0.1, 0.15) is 0 Å². The molecule has 3 fully saturated rings. The molecular formula is C22H34N4O3S. The molecule has 0 N–H and O–H groups in total. The van der Waals surface area contributed by atoms with Crippen LogP contribution in [0.2, 0.25) is 0 Å². The minimum Gasteiger partial charge on any atom is -0.336 e. The number of benzene rings is 1. The monoisotopic (exact) mass is 434 g/mol. The Morgan fingerprint density at radius 2 is 1.73 bits per heavy atom. The molecule has 2 unspecified atom stereocenters. The Kier molecular flexibility index (Phi) is 6.48. The number of nitrogens with zero attached hydrogens (tertiary/aromatic N) is 4. The lowest BCUT2D eigenvalue weighted by atomic mass is 10.0. The van der Waals surface area contributed by atoms with Crippen molar-refractivity contribution in [1.82, 2.24) is 19.0 Å². The van der Waals surface area contributed by atoms with Crippen LogP contribution in [-0.2, 0) is 14.8 Å². The lowest BCUT2D eigenvalue weighted by molar-refractivity contribution is -0.138. The number of rotatable bonds is 5. The smallest absolute Gasteiger partial charge is 0.243 e. The molecule has 4 rings (SSSR count). The van der Waals surface area contributed by atoms with Gasteiger partial charge in [-0.2, -0.15) is 4.31 Å². The highest BCUT2D eigenvalue weighted by Crippen LogP contribution is 2.26. The molecule has 0 saturated carbocycles. The van der Waals surface area contributed by atoms with Gasteiger partial charge in [0.05, 0.1) is 11.4 Å². The molecule has 1 aromatic carbocycles. The molecule has 2 atom stereocenters. The zero-order valence-corrected chi connectivity index (χ0v) is 19.0. The Morgan fingerprint density at radius 3 is 2.40 bits per heavy atom. The van der Waals surface area contributed by atoms with Crippen LogP contribution >= 0.6 is 0 Å². The van der Waals surface area contributed by atoms with Crippen molar-refractivity contribution >= 4 is 15.9 Å². The number of sulfonamides is 1. The highest BCUT2D eigenvalue weighted by Gasteiger charge is 2.38. The third-order valence-electron chi connectivity index (χ3n) is 6.93. The first kappa shape index (κ1) is 21.7. The van der Waals surface area contributed by atoms with Gasteiger partial charge in [-0.1, -0.05) is 24.6 Å². The van der Waals surface area contributed by atoms with Crippen LogP contribution in [0.1, 0.15) is 31.7 Å². The highest BCUT2D eigenvalue weighted by molar-refractivity contribution is 7.89. The minimum atomic E-state index is -3.47. The highest BCUT2D eigenvalue weighted by atomic mass is 32.2. The van der Waals surface area contributed by atoms with E-state index in [9.17, 15) is 13.2 Å². The minimum absolute atomic E-state index is 0.197. The maximum absolute atomic E-state index is 13.1. The molecule has 8 heteroatoms. The first-order chi connectivity index (χ1) is 14.4. The third kappa shape index (κ3) is 4.42. The van der Waals surface area contributed by atoms with Gasteiger partial charge in [0, 0.05) is 51.4 Å². The summed E-state index contributed by atoms with van der Waals surface area (Å²) in [5, 5.41) is 0. The van der Waals surface area contributed by atoms with E-state index in [2.05, 4.69) is 21.6 Å². The maximum Gasteiger partial charge on any atom is 0.243 e. The topological polar surface area (TPSA) is 64.2 Å². The van der Waals surface area contributed by atoms with Crippen molar-refractivity contribution in [2.24, 2.45) is 0 Å². The molecule has 3 aliphatic rings.